The number of hydrogen-bond acceptors (Lipinski definition) is 4. The van der Waals surface area contributed by atoms with Crippen molar-refractivity contribution in [2.45, 2.75) is 13.0 Å². The lowest BCUT2D eigenvalue weighted by Crippen LogP contribution is -2.30. The molecule has 0 radical (unpaired) electrons. The fourth-order valence-corrected chi connectivity index (χ4v) is 1.81. The highest BCUT2D eigenvalue weighted by atomic mass is 16.5. The van der Waals surface area contributed by atoms with E-state index in [2.05, 4.69) is 6.07 Å². The Bertz CT molecular complexity index is 511. The number of fused-ring (bicyclic) bond motifs is 1. The van der Waals surface area contributed by atoms with E-state index in [0.29, 0.717) is 24.2 Å². The minimum atomic E-state index is -0.166. The molecule has 1 aromatic heterocycles. The number of nitrogen functional groups attached to an aromatic ring is 1. The normalized spacial score (nSPS) is 14.4. The van der Waals surface area contributed by atoms with E-state index in [1.807, 2.05) is 0 Å². The Labute approximate surface area is 86.7 Å². The monoisotopic (exact) mass is 205 g/mol. The van der Waals surface area contributed by atoms with Crippen LogP contribution in [0.1, 0.15) is 16.7 Å². The summed E-state index contributed by atoms with van der Waals surface area (Å²) in [6.07, 6.45) is 0.582. The Kier molecular flexibility index (Phi) is 2.21. The van der Waals surface area contributed by atoms with Crippen LogP contribution in [0.3, 0.4) is 0 Å². The zero-order chi connectivity index (χ0) is 11.0. The summed E-state index contributed by atoms with van der Waals surface area (Å²) in [6.45, 7) is 0.811. The quantitative estimate of drug-likeness (QED) is 0.642. The van der Waals surface area contributed by atoms with Crippen molar-refractivity contribution in [2.75, 3.05) is 12.3 Å². The lowest BCUT2D eigenvalue weighted by atomic mass is 9.99. The zero-order valence-electron chi connectivity index (χ0n) is 8.41. The summed E-state index contributed by atoms with van der Waals surface area (Å²) in [5.41, 5.74) is 7.28. The van der Waals surface area contributed by atoms with Gasteiger partial charge in [-0.1, -0.05) is 0 Å². The predicted octanol–water partition coefficient (Wildman–Crippen LogP) is -0.0881. The first-order chi connectivity index (χ1) is 7.16. The molecular formula is C10H11N3O2. The molecule has 0 saturated carbocycles. The molecule has 0 fully saturated rings. The molecule has 78 valence electrons. The average Bonchev–Trinajstić information content (AvgIpc) is 2.27. The molecular weight excluding hydrogens is 194 g/mol. The second-order valence-corrected chi connectivity index (χ2v) is 3.50. The van der Waals surface area contributed by atoms with Crippen molar-refractivity contribution < 1.29 is 4.74 Å². The highest BCUT2D eigenvalue weighted by molar-refractivity contribution is 5.56. The maximum absolute atomic E-state index is 11.8. The predicted molar refractivity (Wildman–Crippen MR) is 54.2 cm³/mol. The SMILES string of the molecule is Cn1c(N)c(C#N)c2c(c1=O)COCC2. The van der Waals surface area contributed by atoms with Crippen LogP contribution in [-0.2, 0) is 24.8 Å². The number of anilines is 1. The molecule has 1 aliphatic rings. The number of nitrogens with zero attached hydrogens (tertiary/aromatic N) is 2. The number of hydrogen-bond donors (Lipinski definition) is 1. The van der Waals surface area contributed by atoms with Gasteiger partial charge in [-0.15, -0.1) is 0 Å². The van der Waals surface area contributed by atoms with Gasteiger partial charge in [0.2, 0.25) is 0 Å². The fraction of sp³-hybridized carbons (Fsp3) is 0.400. The molecule has 0 spiro atoms. The highest BCUT2D eigenvalue weighted by Crippen LogP contribution is 2.21. The van der Waals surface area contributed by atoms with E-state index >= 15 is 0 Å². The van der Waals surface area contributed by atoms with E-state index in [9.17, 15) is 4.79 Å². The van der Waals surface area contributed by atoms with Crippen molar-refractivity contribution in [3.63, 3.8) is 0 Å². The number of ether oxygens (including phenoxy) is 1. The molecule has 0 bridgehead atoms. The van der Waals surface area contributed by atoms with Gasteiger partial charge in [0.1, 0.15) is 11.9 Å². The van der Waals surface area contributed by atoms with Gasteiger partial charge in [0, 0.05) is 12.6 Å². The van der Waals surface area contributed by atoms with Crippen molar-refractivity contribution in [2.24, 2.45) is 7.05 Å². The lowest BCUT2D eigenvalue weighted by molar-refractivity contribution is 0.109. The molecule has 0 amide bonds. The average molecular weight is 205 g/mol. The van der Waals surface area contributed by atoms with Gasteiger partial charge in [-0.25, -0.2) is 0 Å². The second kappa shape index (κ2) is 3.41. The maximum atomic E-state index is 11.8. The Morgan fingerprint density at radius 2 is 2.27 bits per heavy atom. The van der Waals surface area contributed by atoms with E-state index in [-0.39, 0.29) is 18.0 Å². The first-order valence-electron chi connectivity index (χ1n) is 4.65. The minimum absolute atomic E-state index is 0.166. The number of aromatic nitrogens is 1. The minimum Gasteiger partial charge on any atom is -0.384 e. The molecule has 5 nitrogen and oxygen atoms in total. The van der Waals surface area contributed by atoms with Crippen molar-refractivity contribution in [3.8, 4) is 6.07 Å². The van der Waals surface area contributed by atoms with Crippen LogP contribution in [0.4, 0.5) is 5.82 Å². The van der Waals surface area contributed by atoms with E-state index < -0.39 is 0 Å². The smallest absolute Gasteiger partial charge is 0.257 e. The Hall–Kier alpha value is -1.80. The van der Waals surface area contributed by atoms with E-state index in [0.717, 1.165) is 5.56 Å². The summed E-state index contributed by atoms with van der Waals surface area (Å²) in [7, 11) is 1.56. The van der Waals surface area contributed by atoms with Crippen LogP contribution in [0, 0.1) is 11.3 Å². The number of nitrogens with two attached hydrogens (primary N) is 1. The van der Waals surface area contributed by atoms with Gasteiger partial charge in [0.15, 0.2) is 0 Å². The number of nitriles is 1. The Balaban J connectivity index is 2.84. The molecule has 0 aliphatic carbocycles. The standard InChI is InChI=1S/C10H11N3O2/c1-13-9(12)7(4-11)6-2-3-15-5-8(6)10(13)14/h2-3,5,12H2,1H3. The molecule has 0 saturated heterocycles. The van der Waals surface area contributed by atoms with Crippen molar-refractivity contribution in [1.29, 1.82) is 5.26 Å². The van der Waals surface area contributed by atoms with Crippen LogP contribution in [0.25, 0.3) is 0 Å². The van der Waals surface area contributed by atoms with Crippen LogP contribution in [-0.4, -0.2) is 11.2 Å². The van der Waals surface area contributed by atoms with Crippen molar-refractivity contribution in [3.05, 3.63) is 27.0 Å². The third-order valence-electron chi connectivity index (χ3n) is 2.70. The molecule has 0 atom stereocenters. The van der Waals surface area contributed by atoms with Crippen LogP contribution < -0.4 is 11.3 Å². The fourth-order valence-electron chi connectivity index (χ4n) is 1.81. The molecule has 2 rings (SSSR count). The van der Waals surface area contributed by atoms with Gasteiger partial charge >= 0.3 is 0 Å². The molecule has 1 aromatic rings. The van der Waals surface area contributed by atoms with Gasteiger partial charge in [-0.05, 0) is 12.0 Å². The molecule has 5 heteroatoms. The zero-order valence-corrected chi connectivity index (χ0v) is 8.41. The van der Waals surface area contributed by atoms with Crippen LogP contribution in [0.15, 0.2) is 4.79 Å². The van der Waals surface area contributed by atoms with Crippen molar-refractivity contribution in [1.82, 2.24) is 4.57 Å². The molecule has 15 heavy (non-hydrogen) atoms. The summed E-state index contributed by atoms with van der Waals surface area (Å²) in [4.78, 5) is 11.8. The first kappa shape index (κ1) is 9.74. The number of pyridine rings is 1. The van der Waals surface area contributed by atoms with Crippen molar-refractivity contribution >= 4 is 5.82 Å². The van der Waals surface area contributed by atoms with Crippen LogP contribution in [0.5, 0.6) is 0 Å². The first-order valence-corrected chi connectivity index (χ1v) is 4.65. The van der Waals surface area contributed by atoms with Crippen LogP contribution in [0.2, 0.25) is 0 Å². The summed E-state index contributed by atoms with van der Waals surface area (Å²) >= 11 is 0. The van der Waals surface area contributed by atoms with E-state index in [4.69, 9.17) is 15.7 Å². The molecule has 0 aromatic carbocycles. The van der Waals surface area contributed by atoms with Gasteiger partial charge in [0.05, 0.1) is 18.8 Å². The molecule has 2 heterocycles. The summed E-state index contributed by atoms with van der Waals surface area (Å²) in [6, 6.07) is 2.05. The topological polar surface area (TPSA) is 81.0 Å². The summed E-state index contributed by atoms with van der Waals surface area (Å²) in [5, 5.41) is 9.00. The van der Waals surface area contributed by atoms with Gasteiger partial charge in [-0.3, -0.25) is 9.36 Å². The summed E-state index contributed by atoms with van der Waals surface area (Å²) in [5.74, 6) is 0.239. The lowest BCUT2D eigenvalue weighted by Gasteiger charge is -2.19. The number of rotatable bonds is 0. The van der Waals surface area contributed by atoms with Gasteiger partial charge < -0.3 is 10.5 Å². The summed E-state index contributed by atoms with van der Waals surface area (Å²) < 4.78 is 6.51. The molecule has 2 N–H and O–H groups in total. The molecule has 0 unspecified atom stereocenters. The van der Waals surface area contributed by atoms with Crippen LogP contribution >= 0.6 is 0 Å². The van der Waals surface area contributed by atoms with Gasteiger partial charge in [0.25, 0.3) is 5.56 Å². The third-order valence-corrected chi connectivity index (χ3v) is 2.70. The van der Waals surface area contributed by atoms with E-state index in [1.54, 1.807) is 7.05 Å². The third kappa shape index (κ3) is 1.30. The maximum Gasteiger partial charge on any atom is 0.257 e. The van der Waals surface area contributed by atoms with E-state index in [1.165, 1.54) is 4.57 Å². The highest BCUT2D eigenvalue weighted by Gasteiger charge is 2.21. The second-order valence-electron chi connectivity index (χ2n) is 3.50. The molecule has 1 aliphatic heterocycles. The Morgan fingerprint density at radius 3 is 2.93 bits per heavy atom. The Morgan fingerprint density at radius 1 is 1.53 bits per heavy atom. The largest absolute Gasteiger partial charge is 0.384 e. The van der Waals surface area contributed by atoms with Gasteiger partial charge in [-0.2, -0.15) is 5.26 Å².